The molecule has 1 heterocycles. The maximum atomic E-state index is 12.2. The van der Waals surface area contributed by atoms with Gasteiger partial charge in [-0.15, -0.1) is 0 Å². The molecule has 2 N–H and O–H groups in total. The topological polar surface area (TPSA) is 97.2 Å². The van der Waals surface area contributed by atoms with Gasteiger partial charge in [-0.1, -0.05) is 41.5 Å². The number of ether oxygens (including phenoxy) is 1. The van der Waals surface area contributed by atoms with Gasteiger partial charge in [-0.25, -0.2) is 14.3 Å². The summed E-state index contributed by atoms with van der Waals surface area (Å²) < 4.78 is 6.99. The number of aromatic amines is 1. The van der Waals surface area contributed by atoms with E-state index in [0.29, 0.717) is 24.5 Å². The van der Waals surface area contributed by atoms with Crippen molar-refractivity contribution in [2.45, 2.75) is 59.1 Å². The lowest BCUT2D eigenvalue weighted by Gasteiger charge is -2.21. The minimum atomic E-state index is -1.27. The molecule has 0 atom stereocenters. The average Bonchev–Trinajstić information content (AvgIpc) is 3.01. The quantitative estimate of drug-likeness (QED) is 0.547. The number of H-pyrrole nitrogens is 1. The molecule has 0 saturated carbocycles. The van der Waals surface area contributed by atoms with Crippen LogP contribution in [0.2, 0.25) is 0 Å². The number of nitrogens with one attached hydrogen (secondary N) is 1. The van der Waals surface area contributed by atoms with E-state index in [4.69, 9.17) is 9.84 Å². The number of nitrogens with zero attached hydrogens (tertiary/aromatic N) is 2. The van der Waals surface area contributed by atoms with E-state index >= 15 is 0 Å². The number of aromatic nitrogens is 3. The first-order valence-electron chi connectivity index (χ1n) is 10.4. The molecule has 0 saturated heterocycles. The number of rotatable bonds is 9. The molecule has 3 rings (SSSR count). The van der Waals surface area contributed by atoms with Gasteiger partial charge in [0.05, 0.1) is 6.54 Å². The molecule has 0 unspecified atom stereocenters. The summed E-state index contributed by atoms with van der Waals surface area (Å²) in [5.41, 5.74) is 3.03. The molecule has 3 aromatic rings. The normalized spacial score (nSPS) is 11.5. The fraction of sp³-hybridized carbons (Fsp3) is 0.375. The van der Waals surface area contributed by atoms with Gasteiger partial charge >= 0.3 is 11.7 Å². The number of carboxylic acid groups (broad SMARTS) is 1. The predicted molar refractivity (Wildman–Crippen MR) is 119 cm³/mol. The van der Waals surface area contributed by atoms with Crippen LogP contribution < -0.4 is 10.4 Å². The third-order valence-electron chi connectivity index (χ3n) is 5.03. The Bertz CT molecular complexity index is 1090. The van der Waals surface area contributed by atoms with Crippen molar-refractivity contribution in [1.82, 2.24) is 14.8 Å². The first-order chi connectivity index (χ1) is 14.6. The van der Waals surface area contributed by atoms with E-state index in [1.165, 1.54) is 29.7 Å². The largest absolute Gasteiger partial charge is 0.478 e. The molecule has 0 fully saturated rings. The standard InChI is InChI=1S/C24H29N3O4/c1-16-12-17(2)14-19(13-16)15-27-23(30)25-21(26-27)7-5-6-18-8-10-20(11-9-18)31-24(3,4)22(28)29/h8-14H,5-7,15H2,1-4H3,(H,28,29)(H,25,26,30). The molecule has 0 aliphatic rings. The molecule has 2 aromatic carbocycles. The molecule has 164 valence electrons. The van der Waals surface area contributed by atoms with Crippen LogP contribution in [0, 0.1) is 13.8 Å². The molecule has 1 aromatic heterocycles. The Morgan fingerprint density at radius 1 is 1.06 bits per heavy atom. The lowest BCUT2D eigenvalue weighted by Crippen LogP contribution is -2.37. The predicted octanol–water partition coefficient (Wildman–Crippen LogP) is 3.65. The lowest BCUT2D eigenvalue weighted by molar-refractivity contribution is -0.152. The van der Waals surface area contributed by atoms with Crippen molar-refractivity contribution in [3.8, 4) is 5.75 Å². The summed E-state index contributed by atoms with van der Waals surface area (Å²) in [7, 11) is 0. The Hall–Kier alpha value is -3.35. The van der Waals surface area contributed by atoms with Gasteiger partial charge in [-0.2, -0.15) is 5.10 Å². The van der Waals surface area contributed by atoms with Crippen LogP contribution in [0.4, 0.5) is 0 Å². The number of aliphatic carboxylic acids is 1. The minimum Gasteiger partial charge on any atom is -0.478 e. The average molecular weight is 424 g/mol. The first kappa shape index (κ1) is 22.3. The van der Waals surface area contributed by atoms with Crippen LogP contribution in [0.25, 0.3) is 0 Å². The van der Waals surface area contributed by atoms with Crippen LogP contribution in [0.1, 0.15) is 48.3 Å². The minimum absolute atomic E-state index is 0.197. The van der Waals surface area contributed by atoms with Gasteiger partial charge in [0.25, 0.3) is 0 Å². The first-order valence-corrected chi connectivity index (χ1v) is 10.4. The van der Waals surface area contributed by atoms with Gasteiger partial charge in [-0.05, 0) is 63.8 Å². The molecule has 31 heavy (non-hydrogen) atoms. The van der Waals surface area contributed by atoms with E-state index in [1.807, 2.05) is 26.0 Å². The molecule has 0 aliphatic heterocycles. The molecule has 0 bridgehead atoms. The third-order valence-corrected chi connectivity index (χ3v) is 5.03. The second-order valence-electron chi connectivity index (χ2n) is 8.45. The van der Waals surface area contributed by atoms with Crippen LogP contribution in [-0.2, 0) is 24.2 Å². The van der Waals surface area contributed by atoms with E-state index in [-0.39, 0.29) is 5.69 Å². The van der Waals surface area contributed by atoms with Gasteiger partial charge in [-0.3, -0.25) is 4.98 Å². The summed E-state index contributed by atoms with van der Waals surface area (Å²) in [5.74, 6) is 0.186. The summed E-state index contributed by atoms with van der Waals surface area (Å²) in [6.45, 7) is 7.57. The number of carboxylic acids is 1. The number of hydrogen-bond donors (Lipinski definition) is 2. The van der Waals surface area contributed by atoms with Crippen LogP contribution in [-0.4, -0.2) is 31.4 Å². The Kier molecular flexibility index (Phi) is 6.63. The molecule has 7 nitrogen and oxygen atoms in total. The Morgan fingerprint density at radius 3 is 2.32 bits per heavy atom. The van der Waals surface area contributed by atoms with Gasteiger partial charge in [0.1, 0.15) is 11.6 Å². The summed E-state index contributed by atoms with van der Waals surface area (Å²) in [4.78, 5) is 26.3. The number of benzene rings is 2. The van der Waals surface area contributed by atoms with E-state index in [0.717, 1.165) is 24.0 Å². The molecule has 0 aliphatic carbocycles. The van der Waals surface area contributed by atoms with Crippen LogP contribution >= 0.6 is 0 Å². The molecule has 7 heteroatoms. The molecular weight excluding hydrogens is 394 g/mol. The Morgan fingerprint density at radius 2 is 1.71 bits per heavy atom. The fourth-order valence-electron chi connectivity index (χ4n) is 3.48. The van der Waals surface area contributed by atoms with Crippen LogP contribution in [0.3, 0.4) is 0 Å². The van der Waals surface area contributed by atoms with E-state index < -0.39 is 11.6 Å². The highest BCUT2D eigenvalue weighted by Crippen LogP contribution is 2.20. The van der Waals surface area contributed by atoms with Crippen molar-refractivity contribution in [1.29, 1.82) is 0 Å². The fourth-order valence-corrected chi connectivity index (χ4v) is 3.48. The zero-order valence-corrected chi connectivity index (χ0v) is 18.4. The number of carbonyl (C=O) groups is 1. The van der Waals surface area contributed by atoms with Crippen LogP contribution in [0.15, 0.2) is 47.3 Å². The monoisotopic (exact) mass is 423 g/mol. The van der Waals surface area contributed by atoms with Crippen molar-refractivity contribution in [2.75, 3.05) is 0 Å². The number of aryl methyl sites for hydroxylation is 4. The molecular formula is C24H29N3O4. The maximum absolute atomic E-state index is 12.2. The highest BCUT2D eigenvalue weighted by Gasteiger charge is 2.29. The summed E-state index contributed by atoms with van der Waals surface area (Å²) >= 11 is 0. The zero-order chi connectivity index (χ0) is 22.6. The Balaban J connectivity index is 1.55. The smallest absolute Gasteiger partial charge is 0.347 e. The third kappa shape index (κ3) is 6.07. The van der Waals surface area contributed by atoms with Gasteiger partial charge in [0, 0.05) is 6.42 Å². The van der Waals surface area contributed by atoms with Crippen molar-refractivity contribution in [3.05, 3.63) is 81.0 Å². The van der Waals surface area contributed by atoms with Crippen LogP contribution in [0.5, 0.6) is 5.75 Å². The van der Waals surface area contributed by atoms with E-state index in [9.17, 15) is 9.59 Å². The SMILES string of the molecule is Cc1cc(C)cc(Cn2nc(CCCc3ccc(OC(C)(C)C(=O)O)cc3)[nH]c2=O)c1. The van der Waals surface area contributed by atoms with Crippen molar-refractivity contribution >= 4 is 5.97 Å². The van der Waals surface area contributed by atoms with Gasteiger partial charge in [0.15, 0.2) is 5.60 Å². The second-order valence-corrected chi connectivity index (χ2v) is 8.45. The second kappa shape index (κ2) is 9.20. The van der Waals surface area contributed by atoms with Crippen molar-refractivity contribution in [3.63, 3.8) is 0 Å². The molecule has 0 spiro atoms. The van der Waals surface area contributed by atoms with Gasteiger partial charge in [0.2, 0.25) is 0 Å². The van der Waals surface area contributed by atoms with E-state index in [2.05, 4.69) is 28.3 Å². The van der Waals surface area contributed by atoms with Gasteiger partial charge < -0.3 is 9.84 Å². The highest BCUT2D eigenvalue weighted by molar-refractivity contribution is 5.76. The molecule has 0 radical (unpaired) electrons. The maximum Gasteiger partial charge on any atom is 0.347 e. The Labute approximate surface area is 181 Å². The summed E-state index contributed by atoms with van der Waals surface area (Å²) in [6, 6.07) is 13.6. The molecule has 0 amide bonds. The lowest BCUT2D eigenvalue weighted by atomic mass is 10.1. The van der Waals surface area contributed by atoms with E-state index in [1.54, 1.807) is 12.1 Å². The number of hydrogen-bond acceptors (Lipinski definition) is 4. The highest BCUT2D eigenvalue weighted by atomic mass is 16.5. The summed E-state index contributed by atoms with van der Waals surface area (Å²) in [5, 5.41) is 13.6. The summed E-state index contributed by atoms with van der Waals surface area (Å²) in [6.07, 6.45) is 2.31. The van der Waals surface area contributed by atoms with Crippen molar-refractivity contribution in [2.24, 2.45) is 0 Å². The zero-order valence-electron chi connectivity index (χ0n) is 18.4. The van der Waals surface area contributed by atoms with Crippen molar-refractivity contribution < 1.29 is 14.6 Å².